The number of halogens is 2. The molecule has 0 radical (unpaired) electrons. The zero-order valence-corrected chi connectivity index (χ0v) is 10.2. The van der Waals surface area contributed by atoms with Crippen LogP contribution in [0.25, 0.3) is 0 Å². The van der Waals surface area contributed by atoms with E-state index in [0.29, 0.717) is 4.48 Å². The first kappa shape index (κ1) is 13.3. The van der Waals surface area contributed by atoms with E-state index in [1.807, 2.05) is 0 Å². The van der Waals surface area contributed by atoms with Crippen LogP contribution in [0.3, 0.4) is 0 Å². The van der Waals surface area contributed by atoms with E-state index in [-0.39, 0.29) is 17.8 Å². The van der Waals surface area contributed by atoms with Gasteiger partial charge in [-0.05, 0) is 6.07 Å². The fourth-order valence-electron chi connectivity index (χ4n) is 1.07. The monoisotopic (exact) mass is 302 g/mol. The Kier molecular flexibility index (Phi) is 4.33. The van der Waals surface area contributed by atoms with Gasteiger partial charge in [0.1, 0.15) is 5.82 Å². The molecule has 0 aliphatic carbocycles. The molecule has 1 aromatic rings. The lowest BCUT2D eigenvalue weighted by molar-refractivity contribution is -0.384. The van der Waals surface area contributed by atoms with Gasteiger partial charge in [-0.3, -0.25) is 14.9 Å². The molecule has 1 rings (SSSR count). The summed E-state index contributed by atoms with van der Waals surface area (Å²) in [4.78, 5) is 21.3. The maximum Gasteiger partial charge on any atom is 0.270 e. The zero-order valence-electron chi connectivity index (χ0n) is 8.57. The number of carbonyl (C=O) groups is 1. The number of nitro groups is 1. The predicted octanol–water partition coefficient (Wildman–Crippen LogP) is 2.37. The number of non-ortho nitro benzene ring substituents is 1. The van der Waals surface area contributed by atoms with Crippen LogP contribution in [-0.4, -0.2) is 17.4 Å². The highest BCUT2D eigenvalue weighted by Gasteiger charge is 2.16. The number of nitrogens with zero attached hydrogens (tertiary/aromatic N) is 1. The summed E-state index contributed by atoms with van der Waals surface area (Å²) in [5.74, 6) is -1.54. The van der Waals surface area contributed by atoms with Crippen molar-refractivity contribution in [2.75, 3.05) is 6.54 Å². The van der Waals surface area contributed by atoms with Gasteiger partial charge in [0.25, 0.3) is 11.6 Å². The van der Waals surface area contributed by atoms with Crippen LogP contribution >= 0.6 is 15.9 Å². The average Bonchev–Trinajstić information content (AvgIpc) is 2.26. The molecule has 5 nitrogen and oxygen atoms in total. The van der Waals surface area contributed by atoms with Crippen molar-refractivity contribution in [1.82, 2.24) is 5.32 Å². The third-order valence-corrected chi connectivity index (χ3v) is 2.13. The lowest BCUT2D eigenvalue weighted by Crippen LogP contribution is -2.25. The predicted molar refractivity (Wildman–Crippen MR) is 63.5 cm³/mol. The molecular formula is C10H8BrFN2O3. The van der Waals surface area contributed by atoms with Gasteiger partial charge in [-0.15, -0.1) is 0 Å². The van der Waals surface area contributed by atoms with E-state index in [1.165, 1.54) is 0 Å². The lowest BCUT2D eigenvalue weighted by atomic mass is 10.1. The number of nitro benzene ring substituents is 1. The minimum atomic E-state index is -0.812. The summed E-state index contributed by atoms with van der Waals surface area (Å²) in [6.45, 7) is 3.60. The number of amides is 1. The van der Waals surface area contributed by atoms with Crippen LogP contribution in [0.2, 0.25) is 0 Å². The quantitative estimate of drug-likeness (QED) is 0.685. The first-order valence-corrected chi connectivity index (χ1v) is 5.26. The molecule has 0 atom stereocenters. The highest BCUT2D eigenvalue weighted by atomic mass is 79.9. The van der Waals surface area contributed by atoms with E-state index in [0.717, 1.165) is 18.2 Å². The Bertz CT molecular complexity index is 490. The molecule has 0 saturated heterocycles. The lowest BCUT2D eigenvalue weighted by Gasteiger charge is -2.04. The smallest absolute Gasteiger partial charge is 0.270 e. The van der Waals surface area contributed by atoms with Crippen LogP contribution in [0, 0.1) is 15.9 Å². The van der Waals surface area contributed by atoms with Crippen LogP contribution in [0.5, 0.6) is 0 Å². The molecule has 0 unspecified atom stereocenters. The topological polar surface area (TPSA) is 72.2 Å². The Morgan fingerprint density at radius 2 is 2.24 bits per heavy atom. The molecule has 1 amide bonds. The van der Waals surface area contributed by atoms with E-state index >= 15 is 0 Å². The van der Waals surface area contributed by atoms with Crippen LogP contribution in [0.4, 0.5) is 10.1 Å². The summed E-state index contributed by atoms with van der Waals surface area (Å²) in [6, 6.07) is 2.77. The maximum absolute atomic E-state index is 13.3. The molecule has 0 aliphatic rings. The fourth-order valence-corrected chi connectivity index (χ4v) is 1.21. The molecule has 7 heteroatoms. The first-order valence-electron chi connectivity index (χ1n) is 4.47. The summed E-state index contributed by atoms with van der Waals surface area (Å²) < 4.78 is 13.8. The molecule has 0 saturated carbocycles. The van der Waals surface area contributed by atoms with Gasteiger partial charge in [0.2, 0.25) is 0 Å². The summed E-state index contributed by atoms with van der Waals surface area (Å²) in [5.41, 5.74) is -0.706. The van der Waals surface area contributed by atoms with Crippen LogP contribution in [-0.2, 0) is 0 Å². The van der Waals surface area contributed by atoms with Gasteiger partial charge in [-0.1, -0.05) is 22.5 Å². The largest absolute Gasteiger partial charge is 0.347 e. The maximum atomic E-state index is 13.3. The Hall–Kier alpha value is -1.76. The molecule has 0 aliphatic heterocycles. The second-order valence-corrected chi connectivity index (χ2v) is 4.24. The van der Waals surface area contributed by atoms with Crippen molar-refractivity contribution in [3.8, 4) is 0 Å². The highest BCUT2D eigenvalue weighted by Crippen LogP contribution is 2.16. The second-order valence-electron chi connectivity index (χ2n) is 3.12. The van der Waals surface area contributed by atoms with Crippen molar-refractivity contribution in [3.63, 3.8) is 0 Å². The molecule has 0 heterocycles. The molecule has 17 heavy (non-hydrogen) atoms. The Balaban J connectivity index is 2.95. The highest BCUT2D eigenvalue weighted by molar-refractivity contribution is 9.11. The number of carbonyl (C=O) groups excluding carboxylic acids is 1. The average molecular weight is 303 g/mol. The Morgan fingerprint density at radius 1 is 1.59 bits per heavy atom. The van der Waals surface area contributed by atoms with Gasteiger partial charge in [0.05, 0.1) is 10.5 Å². The third-order valence-electron chi connectivity index (χ3n) is 1.85. The van der Waals surface area contributed by atoms with Crippen molar-refractivity contribution in [2.24, 2.45) is 0 Å². The summed E-state index contributed by atoms with van der Waals surface area (Å²) in [5, 5.41) is 12.8. The number of rotatable bonds is 4. The van der Waals surface area contributed by atoms with Gasteiger partial charge in [0.15, 0.2) is 0 Å². The van der Waals surface area contributed by atoms with Crippen molar-refractivity contribution in [1.29, 1.82) is 0 Å². The Morgan fingerprint density at radius 3 is 2.76 bits per heavy atom. The molecule has 0 aromatic heterocycles. The SMILES string of the molecule is C=C(Br)CNC(=O)c1cc([N+](=O)[O-])ccc1F. The molecular weight excluding hydrogens is 295 g/mol. The standard InChI is InChI=1S/C10H8BrFN2O3/c1-6(11)5-13-10(15)8-4-7(14(16)17)2-3-9(8)12/h2-4H,1,5H2,(H,13,15). The van der Waals surface area contributed by atoms with Crippen LogP contribution in [0.15, 0.2) is 29.3 Å². The van der Waals surface area contributed by atoms with Crippen LogP contribution in [0.1, 0.15) is 10.4 Å². The molecule has 0 spiro atoms. The van der Waals surface area contributed by atoms with Gasteiger partial charge < -0.3 is 5.32 Å². The van der Waals surface area contributed by atoms with Gasteiger partial charge in [-0.25, -0.2) is 4.39 Å². The number of hydrogen-bond acceptors (Lipinski definition) is 3. The summed E-state index contributed by atoms with van der Waals surface area (Å²) in [7, 11) is 0. The first-order chi connectivity index (χ1) is 7.91. The molecule has 0 bridgehead atoms. The Labute approximate surface area is 105 Å². The molecule has 1 aromatic carbocycles. The van der Waals surface area contributed by atoms with Gasteiger partial charge >= 0.3 is 0 Å². The van der Waals surface area contributed by atoms with E-state index in [2.05, 4.69) is 27.8 Å². The van der Waals surface area contributed by atoms with E-state index in [4.69, 9.17) is 0 Å². The minimum absolute atomic E-state index is 0.112. The number of benzene rings is 1. The normalized spacial score (nSPS) is 9.76. The van der Waals surface area contributed by atoms with E-state index in [9.17, 15) is 19.3 Å². The van der Waals surface area contributed by atoms with E-state index < -0.39 is 16.6 Å². The number of nitrogens with one attached hydrogen (secondary N) is 1. The minimum Gasteiger partial charge on any atom is -0.347 e. The fraction of sp³-hybridized carbons (Fsp3) is 0.100. The van der Waals surface area contributed by atoms with Crippen LogP contribution < -0.4 is 5.32 Å². The molecule has 0 fully saturated rings. The third kappa shape index (κ3) is 3.63. The van der Waals surface area contributed by atoms with E-state index in [1.54, 1.807) is 0 Å². The second kappa shape index (κ2) is 5.53. The summed E-state index contributed by atoms with van der Waals surface area (Å²) >= 11 is 3.02. The van der Waals surface area contributed by atoms with Crippen molar-refractivity contribution >= 4 is 27.5 Å². The van der Waals surface area contributed by atoms with Crippen molar-refractivity contribution in [2.45, 2.75) is 0 Å². The van der Waals surface area contributed by atoms with Gasteiger partial charge in [0, 0.05) is 23.2 Å². The zero-order chi connectivity index (χ0) is 13.0. The van der Waals surface area contributed by atoms with Crippen molar-refractivity contribution in [3.05, 3.63) is 50.8 Å². The summed E-state index contributed by atoms with van der Waals surface area (Å²) in [6.07, 6.45) is 0. The van der Waals surface area contributed by atoms with Crippen molar-refractivity contribution < 1.29 is 14.1 Å². The van der Waals surface area contributed by atoms with Gasteiger partial charge in [-0.2, -0.15) is 0 Å². The molecule has 1 N–H and O–H groups in total. The number of hydrogen-bond donors (Lipinski definition) is 1. The molecule has 90 valence electrons.